The standard InChI is InChI=1S/C15H21NO2/c1-6-9-16(15(3,4)5)14(18)12-8-7-11(2)10-13(12)17/h6-8,10,17H,1,9H2,2-5H3. The highest BCUT2D eigenvalue weighted by molar-refractivity contribution is 5.97. The predicted octanol–water partition coefficient (Wildman–Crippen LogP) is 3.13. The second-order valence-electron chi connectivity index (χ2n) is 5.40. The van der Waals surface area contributed by atoms with Crippen LogP contribution >= 0.6 is 0 Å². The summed E-state index contributed by atoms with van der Waals surface area (Å²) >= 11 is 0. The first-order valence-corrected chi connectivity index (χ1v) is 6.00. The van der Waals surface area contributed by atoms with Crippen LogP contribution in [0.25, 0.3) is 0 Å². The van der Waals surface area contributed by atoms with E-state index in [2.05, 4.69) is 6.58 Å². The van der Waals surface area contributed by atoms with Crippen molar-refractivity contribution in [3.05, 3.63) is 42.0 Å². The fourth-order valence-electron chi connectivity index (χ4n) is 1.76. The molecule has 1 amide bonds. The first-order chi connectivity index (χ1) is 8.27. The number of hydrogen-bond acceptors (Lipinski definition) is 2. The highest BCUT2D eigenvalue weighted by atomic mass is 16.3. The summed E-state index contributed by atoms with van der Waals surface area (Å²) in [6.07, 6.45) is 1.69. The minimum absolute atomic E-state index is 0.0262. The number of carbonyl (C=O) groups excluding carboxylic acids is 1. The van der Waals surface area contributed by atoms with E-state index in [0.717, 1.165) is 5.56 Å². The molecule has 0 saturated heterocycles. The summed E-state index contributed by atoms with van der Waals surface area (Å²) in [5.74, 6) is -0.154. The molecule has 1 aromatic carbocycles. The molecule has 1 N–H and O–H groups in total. The van der Waals surface area contributed by atoms with Crippen LogP contribution in [0.15, 0.2) is 30.9 Å². The van der Waals surface area contributed by atoms with Gasteiger partial charge in [-0.1, -0.05) is 12.1 Å². The molecule has 0 spiro atoms. The maximum Gasteiger partial charge on any atom is 0.258 e. The normalized spacial score (nSPS) is 11.1. The summed E-state index contributed by atoms with van der Waals surface area (Å²) in [6, 6.07) is 5.08. The van der Waals surface area contributed by atoms with Crippen LogP contribution in [-0.2, 0) is 0 Å². The van der Waals surface area contributed by atoms with Crippen LogP contribution in [0.2, 0.25) is 0 Å². The van der Waals surface area contributed by atoms with Gasteiger partial charge in [0.2, 0.25) is 0 Å². The maximum atomic E-state index is 12.4. The molecule has 3 nitrogen and oxygen atoms in total. The van der Waals surface area contributed by atoms with Gasteiger partial charge in [-0.05, 0) is 45.4 Å². The molecule has 0 fully saturated rings. The molecule has 0 unspecified atom stereocenters. The van der Waals surface area contributed by atoms with Crippen LogP contribution in [0.5, 0.6) is 5.75 Å². The summed E-state index contributed by atoms with van der Waals surface area (Å²) < 4.78 is 0. The van der Waals surface area contributed by atoms with Crippen LogP contribution in [0.3, 0.4) is 0 Å². The molecule has 0 aliphatic carbocycles. The van der Waals surface area contributed by atoms with Crippen molar-refractivity contribution < 1.29 is 9.90 Å². The van der Waals surface area contributed by atoms with Crippen molar-refractivity contribution in [2.75, 3.05) is 6.54 Å². The molecule has 0 radical (unpaired) electrons. The van der Waals surface area contributed by atoms with E-state index in [0.29, 0.717) is 12.1 Å². The van der Waals surface area contributed by atoms with Gasteiger partial charge in [-0.3, -0.25) is 4.79 Å². The number of carbonyl (C=O) groups is 1. The summed E-state index contributed by atoms with van der Waals surface area (Å²) in [6.45, 7) is 11.9. The summed E-state index contributed by atoms with van der Waals surface area (Å²) in [5.41, 5.74) is 0.940. The molecule has 98 valence electrons. The Hall–Kier alpha value is -1.77. The Morgan fingerprint density at radius 3 is 2.50 bits per heavy atom. The van der Waals surface area contributed by atoms with Crippen LogP contribution in [0.1, 0.15) is 36.7 Å². The Kier molecular flexibility index (Phi) is 4.17. The zero-order chi connectivity index (χ0) is 13.9. The summed E-state index contributed by atoms with van der Waals surface area (Å²) in [7, 11) is 0. The number of hydrogen-bond donors (Lipinski definition) is 1. The quantitative estimate of drug-likeness (QED) is 0.834. The molecule has 0 heterocycles. The molecule has 0 aliphatic rings. The Morgan fingerprint density at radius 2 is 2.06 bits per heavy atom. The van der Waals surface area contributed by atoms with Gasteiger partial charge in [-0.2, -0.15) is 0 Å². The lowest BCUT2D eigenvalue weighted by molar-refractivity contribution is 0.0613. The molecule has 0 aromatic heterocycles. The maximum absolute atomic E-state index is 12.4. The van der Waals surface area contributed by atoms with Crippen molar-refractivity contribution in [2.24, 2.45) is 0 Å². The number of benzene rings is 1. The lowest BCUT2D eigenvalue weighted by atomic mass is 10.0. The van der Waals surface area contributed by atoms with E-state index in [9.17, 15) is 9.90 Å². The third-order valence-corrected chi connectivity index (χ3v) is 2.75. The Morgan fingerprint density at radius 1 is 1.44 bits per heavy atom. The van der Waals surface area contributed by atoms with Gasteiger partial charge >= 0.3 is 0 Å². The average Bonchev–Trinajstić information content (AvgIpc) is 2.23. The Balaban J connectivity index is 3.14. The molecule has 0 saturated carbocycles. The van der Waals surface area contributed by atoms with E-state index in [1.807, 2.05) is 33.8 Å². The van der Waals surface area contributed by atoms with Gasteiger partial charge in [0.1, 0.15) is 5.75 Å². The lowest BCUT2D eigenvalue weighted by Crippen LogP contribution is -2.45. The Labute approximate surface area is 109 Å². The van der Waals surface area contributed by atoms with Gasteiger partial charge in [-0.25, -0.2) is 0 Å². The summed E-state index contributed by atoms with van der Waals surface area (Å²) in [4.78, 5) is 14.1. The third-order valence-electron chi connectivity index (χ3n) is 2.75. The van der Waals surface area contributed by atoms with E-state index in [-0.39, 0.29) is 17.2 Å². The van der Waals surface area contributed by atoms with Crippen molar-refractivity contribution in [3.8, 4) is 5.75 Å². The molecule has 1 rings (SSSR count). The monoisotopic (exact) mass is 247 g/mol. The number of phenolic OH excluding ortho intramolecular Hbond substituents is 1. The molecule has 1 aromatic rings. The van der Waals surface area contributed by atoms with Crippen molar-refractivity contribution >= 4 is 5.91 Å². The van der Waals surface area contributed by atoms with Gasteiger partial charge in [0.15, 0.2) is 0 Å². The molecular formula is C15H21NO2. The fraction of sp³-hybridized carbons (Fsp3) is 0.400. The van der Waals surface area contributed by atoms with E-state index in [1.54, 1.807) is 23.1 Å². The van der Waals surface area contributed by atoms with Gasteiger partial charge in [0.25, 0.3) is 5.91 Å². The predicted molar refractivity (Wildman–Crippen MR) is 73.8 cm³/mol. The summed E-state index contributed by atoms with van der Waals surface area (Å²) in [5, 5.41) is 9.87. The first kappa shape index (κ1) is 14.3. The number of nitrogens with zero attached hydrogens (tertiary/aromatic N) is 1. The first-order valence-electron chi connectivity index (χ1n) is 6.00. The van der Waals surface area contributed by atoms with Gasteiger partial charge < -0.3 is 10.0 Å². The van der Waals surface area contributed by atoms with Gasteiger partial charge in [0.05, 0.1) is 5.56 Å². The van der Waals surface area contributed by atoms with Crippen LogP contribution in [-0.4, -0.2) is 28.0 Å². The average molecular weight is 247 g/mol. The molecular weight excluding hydrogens is 226 g/mol. The lowest BCUT2D eigenvalue weighted by Gasteiger charge is -2.35. The number of amides is 1. The number of aromatic hydroxyl groups is 1. The van der Waals surface area contributed by atoms with E-state index in [4.69, 9.17) is 0 Å². The van der Waals surface area contributed by atoms with Crippen molar-refractivity contribution in [2.45, 2.75) is 33.2 Å². The highest BCUT2D eigenvalue weighted by Gasteiger charge is 2.27. The number of aryl methyl sites for hydroxylation is 1. The molecule has 0 aliphatic heterocycles. The smallest absolute Gasteiger partial charge is 0.258 e. The van der Waals surface area contributed by atoms with Crippen molar-refractivity contribution in [1.82, 2.24) is 4.90 Å². The van der Waals surface area contributed by atoms with Gasteiger partial charge in [-0.15, -0.1) is 6.58 Å². The molecule has 0 atom stereocenters. The van der Waals surface area contributed by atoms with Gasteiger partial charge in [0, 0.05) is 12.1 Å². The van der Waals surface area contributed by atoms with Crippen LogP contribution in [0.4, 0.5) is 0 Å². The van der Waals surface area contributed by atoms with Crippen LogP contribution < -0.4 is 0 Å². The Bertz CT molecular complexity index is 458. The minimum Gasteiger partial charge on any atom is -0.507 e. The second kappa shape index (κ2) is 5.25. The fourth-order valence-corrected chi connectivity index (χ4v) is 1.76. The number of phenols is 1. The topological polar surface area (TPSA) is 40.5 Å². The van der Waals surface area contributed by atoms with E-state index < -0.39 is 0 Å². The zero-order valence-electron chi connectivity index (χ0n) is 11.5. The molecule has 3 heteroatoms. The molecule has 0 bridgehead atoms. The number of rotatable bonds is 3. The largest absolute Gasteiger partial charge is 0.507 e. The highest BCUT2D eigenvalue weighted by Crippen LogP contribution is 2.24. The third kappa shape index (κ3) is 3.13. The zero-order valence-corrected chi connectivity index (χ0v) is 11.5. The van der Waals surface area contributed by atoms with Crippen molar-refractivity contribution in [1.29, 1.82) is 0 Å². The van der Waals surface area contributed by atoms with Crippen molar-refractivity contribution in [3.63, 3.8) is 0 Å². The second-order valence-corrected chi connectivity index (χ2v) is 5.40. The van der Waals surface area contributed by atoms with Crippen LogP contribution in [0, 0.1) is 6.92 Å². The SMILES string of the molecule is C=CCN(C(=O)c1ccc(C)cc1O)C(C)(C)C. The molecule has 18 heavy (non-hydrogen) atoms. The minimum atomic E-state index is -0.317. The van der Waals surface area contributed by atoms with E-state index in [1.165, 1.54) is 0 Å². The van der Waals surface area contributed by atoms with E-state index >= 15 is 0 Å².